The van der Waals surface area contributed by atoms with E-state index in [-0.39, 0.29) is 18.1 Å². The monoisotopic (exact) mass is 280 g/mol. The summed E-state index contributed by atoms with van der Waals surface area (Å²) in [4.78, 5) is 11.1. The van der Waals surface area contributed by atoms with Crippen LogP contribution in [0.1, 0.15) is 27.2 Å². The molecule has 0 N–H and O–H groups in total. The first-order chi connectivity index (χ1) is 8.28. The van der Waals surface area contributed by atoms with Crippen LogP contribution in [0.15, 0.2) is 0 Å². The molecule has 0 aliphatic rings. The number of methoxy groups -OCH3 is 1. The first kappa shape index (κ1) is 17.4. The molecule has 1 unspecified atom stereocenters. The Morgan fingerprint density at radius 2 is 1.78 bits per heavy atom. The van der Waals surface area contributed by atoms with Crippen molar-refractivity contribution >= 4 is 15.8 Å². The van der Waals surface area contributed by atoms with Crippen molar-refractivity contribution < 1.29 is 22.7 Å². The highest BCUT2D eigenvalue weighted by molar-refractivity contribution is 7.91. The standard InChI is InChI=1S/C12H24O5S/c1-10(2)5-6-17-7-8-18(14,15)9-11(3)12(13)16-4/h10-11H,5-9H2,1-4H3. The Hall–Kier alpha value is -0.620. The van der Waals surface area contributed by atoms with Crippen molar-refractivity contribution in [3.05, 3.63) is 0 Å². The molecule has 0 amide bonds. The molecule has 0 aromatic carbocycles. The second-order valence-electron chi connectivity index (χ2n) is 4.83. The number of ether oxygens (including phenoxy) is 2. The summed E-state index contributed by atoms with van der Waals surface area (Å²) < 4.78 is 33.1. The lowest BCUT2D eigenvalue weighted by molar-refractivity contribution is -0.144. The predicted octanol–water partition coefficient (Wildman–Crippen LogP) is 1.27. The number of hydrogen-bond donors (Lipinski definition) is 0. The summed E-state index contributed by atoms with van der Waals surface area (Å²) in [6.07, 6.45) is 0.915. The van der Waals surface area contributed by atoms with Crippen LogP contribution in [0.5, 0.6) is 0 Å². The highest BCUT2D eigenvalue weighted by atomic mass is 32.2. The zero-order chi connectivity index (χ0) is 14.2. The number of sulfone groups is 1. The van der Waals surface area contributed by atoms with E-state index in [0.717, 1.165) is 6.42 Å². The Kier molecular flexibility index (Phi) is 8.18. The van der Waals surface area contributed by atoms with Crippen LogP contribution in [-0.4, -0.2) is 46.2 Å². The minimum atomic E-state index is -3.26. The molecular weight excluding hydrogens is 256 g/mol. The Morgan fingerprint density at radius 3 is 2.28 bits per heavy atom. The maximum absolute atomic E-state index is 11.7. The van der Waals surface area contributed by atoms with Crippen LogP contribution < -0.4 is 0 Å². The Balaban J connectivity index is 3.91. The summed E-state index contributed by atoms with van der Waals surface area (Å²) in [6, 6.07) is 0. The van der Waals surface area contributed by atoms with E-state index >= 15 is 0 Å². The van der Waals surface area contributed by atoms with Gasteiger partial charge in [-0.3, -0.25) is 4.79 Å². The third-order valence-corrected chi connectivity index (χ3v) is 4.28. The molecule has 0 radical (unpaired) electrons. The van der Waals surface area contributed by atoms with Gasteiger partial charge in [0.05, 0.1) is 31.1 Å². The van der Waals surface area contributed by atoms with E-state index in [2.05, 4.69) is 18.6 Å². The third-order valence-electron chi connectivity index (χ3n) is 2.49. The van der Waals surface area contributed by atoms with Gasteiger partial charge in [0.1, 0.15) is 0 Å². The maximum atomic E-state index is 11.7. The molecule has 0 saturated heterocycles. The molecule has 0 aliphatic carbocycles. The highest BCUT2D eigenvalue weighted by Gasteiger charge is 2.21. The average Bonchev–Trinajstić information content (AvgIpc) is 2.26. The number of hydrogen-bond acceptors (Lipinski definition) is 5. The normalized spacial score (nSPS) is 13.6. The van der Waals surface area contributed by atoms with Crippen LogP contribution in [0.3, 0.4) is 0 Å². The topological polar surface area (TPSA) is 69.7 Å². The Bertz CT molecular complexity index is 334. The van der Waals surface area contributed by atoms with Crippen LogP contribution in [0, 0.1) is 11.8 Å². The van der Waals surface area contributed by atoms with Crippen LogP contribution in [-0.2, 0) is 24.1 Å². The first-order valence-electron chi connectivity index (χ1n) is 6.14. The lowest BCUT2D eigenvalue weighted by Gasteiger charge is -2.10. The van der Waals surface area contributed by atoms with Crippen molar-refractivity contribution in [1.82, 2.24) is 0 Å². The van der Waals surface area contributed by atoms with Gasteiger partial charge in [-0.05, 0) is 12.3 Å². The van der Waals surface area contributed by atoms with Crippen LogP contribution in [0.25, 0.3) is 0 Å². The average molecular weight is 280 g/mol. The van der Waals surface area contributed by atoms with E-state index in [1.54, 1.807) is 6.92 Å². The first-order valence-corrected chi connectivity index (χ1v) is 7.96. The van der Waals surface area contributed by atoms with Gasteiger partial charge in [-0.15, -0.1) is 0 Å². The predicted molar refractivity (Wildman–Crippen MR) is 70.1 cm³/mol. The third kappa shape index (κ3) is 8.47. The Labute approximate surface area is 110 Å². The van der Waals surface area contributed by atoms with Crippen molar-refractivity contribution in [2.24, 2.45) is 11.8 Å². The van der Waals surface area contributed by atoms with Crippen molar-refractivity contribution in [2.75, 3.05) is 31.8 Å². The van der Waals surface area contributed by atoms with Crippen molar-refractivity contribution in [1.29, 1.82) is 0 Å². The molecule has 0 fully saturated rings. The van der Waals surface area contributed by atoms with E-state index < -0.39 is 21.7 Å². The lowest BCUT2D eigenvalue weighted by Crippen LogP contribution is -2.25. The number of carbonyl (C=O) groups is 1. The van der Waals surface area contributed by atoms with Gasteiger partial charge < -0.3 is 9.47 Å². The molecule has 0 aliphatic heterocycles. The maximum Gasteiger partial charge on any atom is 0.309 e. The van der Waals surface area contributed by atoms with E-state index in [9.17, 15) is 13.2 Å². The smallest absolute Gasteiger partial charge is 0.309 e. The van der Waals surface area contributed by atoms with E-state index in [1.165, 1.54) is 7.11 Å². The largest absolute Gasteiger partial charge is 0.469 e. The molecule has 0 saturated carbocycles. The minimum absolute atomic E-state index is 0.0492. The second kappa shape index (κ2) is 8.48. The fourth-order valence-corrected chi connectivity index (χ4v) is 2.78. The van der Waals surface area contributed by atoms with Gasteiger partial charge in [-0.25, -0.2) is 8.42 Å². The van der Waals surface area contributed by atoms with Gasteiger partial charge in [-0.2, -0.15) is 0 Å². The molecule has 0 aromatic heterocycles. The summed E-state index contributed by atoms with van der Waals surface area (Å²) in [5.74, 6) is -0.824. The van der Waals surface area contributed by atoms with E-state index in [1.807, 2.05) is 0 Å². The molecule has 0 aromatic rings. The van der Waals surface area contributed by atoms with Crippen LogP contribution in [0.4, 0.5) is 0 Å². The SMILES string of the molecule is COC(=O)C(C)CS(=O)(=O)CCOCCC(C)C. The molecule has 6 heteroatoms. The highest BCUT2D eigenvalue weighted by Crippen LogP contribution is 2.05. The molecule has 0 spiro atoms. The molecule has 1 atom stereocenters. The fourth-order valence-electron chi connectivity index (χ4n) is 1.34. The van der Waals surface area contributed by atoms with Gasteiger partial charge in [0.25, 0.3) is 0 Å². The van der Waals surface area contributed by atoms with Crippen molar-refractivity contribution in [3.8, 4) is 0 Å². The number of rotatable bonds is 9. The zero-order valence-electron chi connectivity index (χ0n) is 11.6. The van der Waals surface area contributed by atoms with E-state index in [4.69, 9.17) is 4.74 Å². The van der Waals surface area contributed by atoms with Crippen LogP contribution >= 0.6 is 0 Å². The van der Waals surface area contributed by atoms with Crippen molar-refractivity contribution in [3.63, 3.8) is 0 Å². The minimum Gasteiger partial charge on any atom is -0.469 e. The number of esters is 1. The fraction of sp³-hybridized carbons (Fsp3) is 0.917. The van der Waals surface area contributed by atoms with Gasteiger partial charge in [-0.1, -0.05) is 20.8 Å². The van der Waals surface area contributed by atoms with Gasteiger partial charge in [0.2, 0.25) is 0 Å². The van der Waals surface area contributed by atoms with Gasteiger partial charge in [0.15, 0.2) is 9.84 Å². The van der Waals surface area contributed by atoms with Gasteiger partial charge in [0, 0.05) is 6.61 Å². The molecule has 18 heavy (non-hydrogen) atoms. The molecule has 0 bridgehead atoms. The molecule has 0 heterocycles. The van der Waals surface area contributed by atoms with Crippen LogP contribution in [0.2, 0.25) is 0 Å². The summed E-state index contributed by atoms with van der Waals surface area (Å²) in [5.41, 5.74) is 0. The summed E-state index contributed by atoms with van der Waals surface area (Å²) >= 11 is 0. The zero-order valence-corrected chi connectivity index (χ0v) is 12.5. The molecule has 5 nitrogen and oxygen atoms in total. The van der Waals surface area contributed by atoms with E-state index in [0.29, 0.717) is 12.5 Å². The summed E-state index contributed by atoms with van der Waals surface area (Å²) in [6.45, 7) is 6.46. The second-order valence-corrected chi connectivity index (χ2v) is 7.06. The quantitative estimate of drug-likeness (QED) is 0.470. The summed E-state index contributed by atoms with van der Waals surface area (Å²) in [5, 5.41) is 0. The van der Waals surface area contributed by atoms with Gasteiger partial charge >= 0.3 is 5.97 Å². The molecule has 108 valence electrons. The Morgan fingerprint density at radius 1 is 1.17 bits per heavy atom. The summed E-state index contributed by atoms with van der Waals surface area (Å²) in [7, 11) is -2.01. The molecule has 0 rings (SSSR count). The number of carbonyl (C=O) groups excluding carboxylic acids is 1. The lowest BCUT2D eigenvalue weighted by atomic mass is 10.1. The van der Waals surface area contributed by atoms with Crippen molar-refractivity contribution in [2.45, 2.75) is 27.2 Å². The molecular formula is C12H24O5S.